The molecular weight excluding hydrogens is 260 g/mol. The van der Waals surface area contributed by atoms with Crippen molar-refractivity contribution in [3.8, 4) is 0 Å². The fourth-order valence-corrected chi connectivity index (χ4v) is 3.59. The van der Waals surface area contributed by atoms with Crippen LogP contribution in [0.5, 0.6) is 0 Å². The summed E-state index contributed by atoms with van der Waals surface area (Å²) in [7, 11) is -1.72. The predicted octanol–water partition coefficient (Wildman–Crippen LogP) is 2.32. The lowest BCUT2D eigenvalue weighted by molar-refractivity contribution is 0.393. The van der Waals surface area contributed by atoms with Gasteiger partial charge in [-0.1, -0.05) is 26.3 Å². The number of nitrogens with one attached hydrogen (secondary N) is 1. The molecule has 1 aliphatic heterocycles. The van der Waals surface area contributed by atoms with Crippen molar-refractivity contribution < 1.29 is 8.42 Å². The SMILES string of the molecule is CCC(C)CN(C)S(=O)(=O)c1ccc2c(c1)NCC2. The molecule has 0 bridgehead atoms. The minimum atomic E-state index is -3.37. The largest absolute Gasteiger partial charge is 0.384 e. The Morgan fingerprint density at radius 1 is 1.42 bits per heavy atom. The van der Waals surface area contributed by atoms with Gasteiger partial charge in [-0.25, -0.2) is 12.7 Å². The summed E-state index contributed by atoms with van der Waals surface area (Å²) in [6.45, 7) is 5.59. The van der Waals surface area contributed by atoms with Crippen LogP contribution in [0, 0.1) is 5.92 Å². The van der Waals surface area contributed by atoms with E-state index in [1.54, 1.807) is 19.2 Å². The van der Waals surface area contributed by atoms with Gasteiger partial charge in [0.05, 0.1) is 4.90 Å². The Kier molecular flexibility index (Phi) is 4.16. The Labute approximate surface area is 115 Å². The molecule has 0 aromatic heterocycles. The molecule has 0 saturated heterocycles. The summed E-state index contributed by atoms with van der Waals surface area (Å²) in [5.74, 6) is 0.368. The zero-order valence-electron chi connectivity index (χ0n) is 11.8. The van der Waals surface area contributed by atoms with Gasteiger partial charge >= 0.3 is 0 Å². The Bertz CT molecular complexity index is 555. The first-order valence-electron chi connectivity index (χ1n) is 6.78. The third-order valence-corrected chi connectivity index (χ3v) is 5.58. The van der Waals surface area contributed by atoms with E-state index in [1.807, 2.05) is 6.07 Å². The topological polar surface area (TPSA) is 49.4 Å². The van der Waals surface area contributed by atoms with E-state index in [-0.39, 0.29) is 0 Å². The van der Waals surface area contributed by atoms with Crippen LogP contribution in [0.2, 0.25) is 0 Å². The Morgan fingerprint density at radius 2 is 2.16 bits per heavy atom. The monoisotopic (exact) mass is 282 g/mol. The normalized spacial score (nSPS) is 16.2. The lowest BCUT2D eigenvalue weighted by Gasteiger charge is -2.20. The molecule has 1 aromatic carbocycles. The van der Waals surface area contributed by atoms with Crippen molar-refractivity contribution in [2.45, 2.75) is 31.6 Å². The second-order valence-electron chi connectivity index (χ2n) is 5.29. The number of fused-ring (bicyclic) bond motifs is 1. The molecule has 1 N–H and O–H groups in total. The third kappa shape index (κ3) is 2.92. The van der Waals surface area contributed by atoms with Gasteiger partial charge < -0.3 is 5.32 Å². The van der Waals surface area contributed by atoms with Crippen LogP contribution in [0.25, 0.3) is 0 Å². The first kappa shape index (κ1) is 14.3. The van der Waals surface area contributed by atoms with E-state index in [9.17, 15) is 8.42 Å². The number of nitrogens with zero attached hydrogens (tertiary/aromatic N) is 1. The van der Waals surface area contributed by atoms with E-state index < -0.39 is 10.0 Å². The van der Waals surface area contributed by atoms with Gasteiger partial charge in [-0.15, -0.1) is 0 Å². The van der Waals surface area contributed by atoms with E-state index in [2.05, 4.69) is 19.2 Å². The van der Waals surface area contributed by atoms with Gasteiger partial charge in [0.25, 0.3) is 0 Å². The smallest absolute Gasteiger partial charge is 0.242 e. The van der Waals surface area contributed by atoms with E-state index in [0.29, 0.717) is 17.4 Å². The number of hydrogen-bond acceptors (Lipinski definition) is 3. The van der Waals surface area contributed by atoms with E-state index in [1.165, 1.54) is 9.87 Å². The zero-order valence-corrected chi connectivity index (χ0v) is 12.6. The Hall–Kier alpha value is -1.07. The van der Waals surface area contributed by atoms with Crippen molar-refractivity contribution in [1.82, 2.24) is 4.31 Å². The van der Waals surface area contributed by atoms with Crippen molar-refractivity contribution >= 4 is 15.7 Å². The predicted molar refractivity (Wildman–Crippen MR) is 77.9 cm³/mol. The third-order valence-electron chi connectivity index (χ3n) is 3.77. The van der Waals surface area contributed by atoms with Gasteiger partial charge in [0.15, 0.2) is 0 Å². The number of rotatable bonds is 5. The molecule has 0 saturated carbocycles. The molecule has 1 aromatic rings. The lowest BCUT2D eigenvalue weighted by Crippen LogP contribution is -2.31. The first-order chi connectivity index (χ1) is 8.95. The molecule has 19 heavy (non-hydrogen) atoms. The molecule has 0 spiro atoms. The molecule has 1 atom stereocenters. The average Bonchev–Trinajstić information content (AvgIpc) is 2.85. The summed E-state index contributed by atoms with van der Waals surface area (Å²) in [6.07, 6.45) is 1.95. The number of hydrogen-bond donors (Lipinski definition) is 1. The highest BCUT2D eigenvalue weighted by Gasteiger charge is 2.23. The Morgan fingerprint density at radius 3 is 2.84 bits per heavy atom. The highest BCUT2D eigenvalue weighted by molar-refractivity contribution is 7.89. The van der Waals surface area contributed by atoms with Gasteiger partial charge in [0.1, 0.15) is 0 Å². The summed E-state index contributed by atoms with van der Waals surface area (Å²) in [5, 5.41) is 3.22. The number of anilines is 1. The quantitative estimate of drug-likeness (QED) is 0.901. The van der Waals surface area contributed by atoms with Crippen molar-refractivity contribution in [2.24, 2.45) is 5.92 Å². The zero-order chi connectivity index (χ0) is 14.0. The highest BCUT2D eigenvalue weighted by Crippen LogP contribution is 2.27. The number of sulfonamides is 1. The molecule has 2 rings (SSSR count). The van der Waals surface area contributed by atoms with Crippen molar-refractivity contribution in [3.63, 3.8) is 0 Å². The fraction of sp³-hybridized carbons (Fsp3) is 0.571. The van der Waals surface area contributed by atoms with Crippen LogP contribution < -0.4 is 5.32 Å². The molecule has 0 radical (unpaired) electrons. The molecule has 4 nitrogen and oxygen atoms in total. The fourth-order valence-electron chi connectivity index (χ4n) is 2.28. The van der Waals surface area contributed by atoms with E-state index in [4.69, 9.17) is 0 Å². The molecule has 5 heteroatoms. The Balaban J connectivity index is 2.24. The summed E-state index contributed by atoms with van der Waals surface area (Å²) in [6, 6.07) is 5.39. The molecule has 106 valence electrons. The van der Waals surface area contributed by atoms with Crippen LogP contribution in [0.1, 0.15) is 25.8 Å². The van der Waals surface area contributed by atoms with Crippen molar-refractivity contribution in [3.05, 3.63) is 23.8 Å². The van der Waals surface area contributed by atoms with Gasteiger partial charge in [0.2, 0.25) is 10.0 Å². The molecule has 0 aliphatic carbocycles. The van der Waals surface area contributed by atoms with Crippen LogP contribution in [0.4, 0.5) is 5.69 Å². The van der Waals surface area contributed by atoms with Crippen LogP contribution in [-0.2, 0) is 16.4 Å². The van der Waals surface area contributed by atoms with Gasteiger partial charge in [-0.05, 0) is 30.0 Å². The summed E-state index contributed by atoms with van der Waals surface area (Å²) < 4.78 is 26.4. The van der Waals surface area contributed by atoms with Gasteiger partial charge in [0, 0.05) is 25.8 Å². The van der Waals surface area contributed by atoms with Gasteiger partial charge in [-0.2, -0.15) is 0 Å². The summed E-state index contributed by atoms with van der Waals surface area (Å²) in [4.78, 5) is 0.381. The van der Waals surface area contributed by atoms with Crippen LogP contribution in [0.15, 0.2) is 23.1 Å². The summed E-state index contributed by atoms with van der Waals surface area (Å²) in [5.41, 5.74) is 2.15. The second kappa shape index (κ2) is 5.51. The molecule has 1 heterocycles. The lowest BCUT2D eigenvalue weighted by atomic mass is 10.1. The number of benzene rings is 1. The average molecular weight is 282 g/mol. The second-order valence-corrected chi connectivity index (χ2v) is 7.34. The standard InChI is InChI=1S/C14H22N2O2S/c1-4-11(2)10-16(3)19(17,18)13-6-5-12-7-8-15-14(12)9-13/h5-6,9,11,15H,4,7-8,10H2,1-3H3. The van der Waals surface area contributed by atoms with Crippen molar-refractivity contribution in [1.29, 1.82) is 0 Å². The first-order valence-corrected chi connectivity index (χ1v) is 8.22. The molecule has 0 amide bonds. The maximum atomic E-state index is 12.5. The minimum Gasteiger partial charge on any atom is -0.384 e. The van der Waals surface area contributed by atoms with Crippen molar-refractivity contribution in [2.75, 3.05) is 25.5 Å². The molecule has 1 unspecified atom stereocenters. The minimum absolute atomic E-state index is 0.368. The van der Waals surface area contributed by atoms with Crippen LogP contribution >= 0.6 is 0 Å². The molecule has 0 fully saturated rings. The highest BCUT2D eigenvalue weighted by atomic mass is 32.2. The maximum Gasteiger partial charge on any atom is 0.242 e. The van der Waals surface area contributed by atoms with Gasteiger partial charge in [-0.3, -0.25) is 0 Å². The van der Waals surface area contributed by atoms with E-state index >= 15 is 0 Å². The van der Waals surface area contributed by atoms with Crippen LogP contribution in [0.3, 0.4) is 0 Å². The molecule has 1 aliphatic rings. The molecular formula is C14H22N2O2S. The maximum absolute atomic E-state index is 12.5. The van der Waals surface area contributed by atoms with E-state index in [0.717, 1.165) is 25.1 Å². The summed E-state index contributed by atoms with van der Waals surface area (Å²) >= 11 is 0. The van der Waals surface area contributed by atoms with Crippen LogP contribution in [-0.4, -0.2) is 32.9 Å².